The summed E-state index contributed by atoms with van der Waals surface area (Å²) in [4.78, 5) is 16.5. The van der Waals surface area contributed by atoms with Crippen LogP contribution in [0.2, 0.25) is 0 Å². The molecule has 3 rings (SSSR count). The molecule has 2 aliphatic heterocycles. The second-order valence-corrected chi connectivity index (χ2v) is 6.15. The number of carbonyl (C=O) groups excluding carboxylic acids is 1. The molecule has 0 amide bonds. The minimum atomic E-state index is -0.650. The van der Waals surface area contributed by atoms with Gasteiger partial charge in [-0.2, -0.15) is 0 Å². The van der Waals surface area contributed by atoms with Gasteiger partial charge in [-0.1, -0.05) is 6.92 Å². The van der Waals surface area contributed by atoms with Gasteiger partial charge in [-0.3, -0.25) is 0 Å². The number of aromatic nitrogens is 1. The lowest BCUT2D eigenvalue weighted by atomic mass is 10.1. The maximum Gasteiger partial charge on any atom is 0.341 e. The van der Waals surface area contributed by atoms with E-state index in [0.717, 1.165) is 5.75 Å². The molecule has 4 atom stereocenters. The monoisotopic (exact) mass is 311 g/mol. The third-order valence-corrected chi connectivity index (χ3v) is 4.40. The van der Waals surface area contributed by atoms with Gasteiger partial charge in [0.05, 0.1) is 18.8 Å². The maximum absolute atomic E-state index is 12.3. The summed E-state index contributed by atoms with van der Waals surface area (Å²) in [7, 11) is 0. The molecule has 114 valence electrons. The number of esters is 1. The molecule has 0 saturated carbocycles. The Morgan fingerprint density at radius 2 is 2.29 bits per heavy atom. The Labute approximate surface area is 126 Å². The van der Waals surface area contributed by atoms with Crippen molar-refractivity contribution in [3.63, 3.8) is 0 Å². The van der Waals surface area contributed by atoms with Crippen molar-refractivity contribution in [1.29, 1.82) is 0 Å². The van der Waals surface area contributed by atoms with Gasteiger partial charge in [0.25, 0.3) is 0 Å². The van der Waals surface area contributed by atoms with Gasteiger partial charge in [-0.05, 0) is 17.9 Å². The molecule has 3 heterocycles. The highest BCUT2D eigenvalue weighted by molar-refractivity contribution is 7.99. The summed E-state index contributed by atoms with van der Waals surface area (Å²) in [5.41, 5.74) is 0.450. The zero-order chi connectivity index (χ0) is 14.8. The van der Waals surface area contributed by atoms with Crippen LogP contribution in [0.15, 0.2) is 23.4 Å². The maximum atomic E-state index is 12.3. The van der Waals surface area contributed by atoms with Gasteiger partial charge in [-0.25, -0.2) is 9.78 Å². The number of hydrogen-bond acceptors (Lipinski definition) is 7. The van der Waals surface area contributed by atoms with E-state index in [1.165, 1.54) is 11.8 Å². The lowest BCUT2D eigenvalue weighted by Crippen LogP contribution is -2.34. The van der Waals surface area contributed by atoms with E-state index >= 15 is 0 Å². The van der Waals surface area contributed by atoms with E-state index in [1.807, 2.05) is 6.92 Å². The van der Waals surface area contributed by atoms with E-state index in [-0.39, 0.29) is 19.3 Å². The normalized spacial score (nSPS) is 31.1. The molecule has 1 N–H and O–H groups in total. The topological polar surface area (TPSA) is 77.9 Å². The molecule has 0 bridgehead atoms. The van der Waals surface area contributed by atoms with Gasteiger partial charge in [0.1, 0.15) is 23.3 Å². The SMILES string of the molecule is CCSc1ncccc1C(=O)O[C@@H]1CO[C@H]2[C@@H]1OC[C@@H]2O. The third-order valence-electron chi connectivity index (χ3n) is 3.51. The fourth-order valence-corrected chi connectivity index (χ4v) is 3.26. The highest BCUT2D eigenvalue weighted by Crippen LogP contribution is 2.30. The third kappa shape index (κ3) is 2.91. The van der Waals surface area contributed by atoms with E-state index in [0.29, 0.717) is 10.6 Å². The molecule has 2 aliphatic rings. The van der Waals surface area contributed by atoms with E-state index < -0.39 is 24.3 Å². The average molecular weight is 311 g/mol. The zero-order valence-electron chi connectivity index (χ0n) is 11.6. The van der Waals surface area contributed by atoms with Crippen molar-refractivity contribution in [2.24, 2.45) is 0 Å². The number of fused-ring (bicyclic) bond motifs is 1. The molecule has 21 heavy (non-hydrogen) atoms. The van der Waals surface area contributed by atoms with Gasteiger partial charge in [0.2, 0.25) is 0 Å². The van der Waals surface area contributed by atoms with E-state index in [9.17, 15) is 9.90 Å². The number of carbonyl (C=O) groups is 1. The van der Waals surface area contributed by atoms with Gasteiger partial charge in [0, 0.05) is 6.20 Å². The van der Waals surface area contributed by atoms with Crippen LogP contribution in [-0.4, -0.2) is 59.4 Å². The standard InChI is InChI=1S/C14H17NO5S/c1-2-21-13-8(4-3-5-15-13)14(17)20-10-7-19-11-9(16)6-18-12(10)11/h3-5,9-12,16H,2,6-7H2,1H3/t9-,10+,11+,12+/m0/s1. The lowest BCUT2D eigenvalue weighted by molar-refractivity contribution is -0.0211. The lowest BCUT2D eigenvalue weighted by Gasteiger charge is -2.17. The Bertz CT molecular complexity index is 526. The minimum Gasteiger partial charge on any atom is -0.453 e. The summed E-state index contributed by atoms with van der Waals surface area (Å²) in [6.45, 7) is 2.46. The summed E-state index contributed by atoms with van der Waals surface area (Å²) < 4.78 is 16.4. The van der Waals surface area contributed by atoms with Crippen molar-refractivity contribution in [3.8, 4) is 0 Å². The van der Waals surface area contributed by atoms with E-state index in [2.05, 4.69) is 4.98 Å². The number of pyridine rings is 1. The van der Waals surface area contributed by atoms with Crippen LogP contribution in [0.1, 0.15) is 17.3 Å². The number of aliphatic hydroxyl groups excluding tert-OH is 1. The number of aliphatic hydroxyl groups is 1. The molecule has 0 radical (unpaired) electrons. The highest BCUT2D eigenvalue weighted by Gasteiger charge is 2.49. The quantitative estimate of drug-likeness (QED) is 0.653. The zero-order valence-corrected chi connectivity index (χ0v) is 12.4. The minimum absolute atomic E-state index is 0.215. The Hall–Kier alpha value is -1.15. The molecule has 2 fully saturated rings. The number of nitrogens with zero attached hydrogens (tertiary/aromatic N) is 1. The Morgan fingerprint density at radius 3 is 3.10 bits per heavy atom. The number of ether oxygens (including phenoxy) is 3. The van der Waals surface area contributed by atoms with Crippen molar-refractivity contribution < 1.29 is 24.1 Å². The van der Waals surface area contributed by atoms with Crippen molar-refractivity contribution in [2.75, 3.05) is 19.0 Å². The van der Waals surface area contributed by atoms with Gasteiger partial charge in [-0.15, -0.1) is 11.8 Å². The van der Waals surface area contributed by atoms with Gasteiger partial charge < -0.3 is 19.3 Å². The van der Waals surface area contributed by atoms with Crippen LogP contribution in [-0.2, 0) is 14.2 Å². The molecule has 0 aromatic carbocycles. The number of hydrogen-bond donors (Lipinski definition) is 1. The molecular weight excluding hydrogens is 294 g/mol. The van der Waals surface area contributed by atoms with Crippen LogP contribution in [0.3, 0.4) is 0 Å². The van der Waals surface area contributed by atoms with Crippen molar-refractivity contribution in [3.05, 3.63) is 23.9 Å². The smallest absolute Gasteiger partial charge is 0.341 e. The van der Waals surface area contributed by atoms with Crippen LogP contribution < -0.4 is 0 Å². The second kappa shape index (κ2) is 6.31. The largest absolute Gasteiger partial charge is 0.453 e. The number of thioether (sulfide) groups is 1. The molecule has 1 aromatic rings. The molecule has 7 heteroatoms. The van der Waals surface area contributed by atoms with Crippen LogP contribution in [0.5, 0.6) is 0 Å². The Morgan fingerprint density at radius 1 is 1.48 bits per heavy atom. The van der Waals surface area contributed by atoms with E-state index in [1.54, 1.807) is 18.3 Å². The Kier molecular flexibility index (Phi) is 4.44. The first kappa shape index (κ1) is 14.8. The molecule has 0 unspecified atom stereocenters. The van der Waals surface area contributed by atoms with E-state index in [4.69, 9.17) is 14.2 Å². The predicted octanol–water partition coefficient (Wildman–Crippen LogP) is 0.877. The summed E-state index contributed by atoms with van der Waals surface area (Å²) in [6, 6.07) is 3.41. The fourth-order valence-electron chi connectivity index (χ4n) is 2.54. The first-order valence-corrected chi connectivity index (χ1v) is 7.89. The molecular formula is C14H17NO5S. The Balaban J connectivity index is 1.70. The van der Waals surface area contributed by atoms with Crippen molar-refractivity contribution in [1.82, 2.24) is 4.98 Å². The molecule has 0 spiro atoms. The molecule has 1 aromatic heterocycles. The van der Waals surface area contributed by atoms with Crippen LogP contribution in [0.4, 0.5) is 0 Å². The van der Waals surface area contributed by atoms with Crippen molar-refractivity contribution >= 4 is 17.7 Å². The first-order chi connectivity index (χ1) is 10.2. The summed E-state index contributed by atoms with van der Waals surface area (Å²) >= 11 is 1.49. The van der Waals surface area contributed by atoms with Crippen LogP contribution >= 0.6 is 11.8 Å². The van der Waals surface area contributed by atoms with Crippen LogP contribution in [0.25, 0.3) is 0 Å². The molecule has 0 aliphatic carbocycles. The molecule has 2 saturated heterocycles. The van der Waals surface area contributed by atoms with Crippen molar-refractivity contribution in [2.45, 2.75) is 36.4 Å². The fraction of sp³-hybridized carbons (Fsp3) is 0.571. The summed E-state index contributed by atoms with van der Waals surface area (Å²) in [5.74, 6) is 0.391. The predicted molar refractivity (Wildman–Crippen MR) is 75.3 cm³/mol. The summed E-state index contributed by atoms with van der Waals surface area (Å²) in [6.07, 6.45) is -0.272. The average Bonchev–Trinajstić information content (AvgIpc) is 3.04. The first-order valence-electron chi connectivity index (χ1n) is 6.90. The number of rotatable bonds is 4. The van der Waals surface area contributed by atoms with Gasteiger partial charge >= 0.3 is 5.97 Å². The summed E-state index contributed by atoms with van der Waals surface area (Å²) in [5, 5.41) is 10.3. The highest BCUT2D eigenvalue weighted by atomic mass is 32.2. The molecule has 6 nitrogen and oxygen atoms in total. The van der Waals surface area contributed by atoms with Crippen LogP contribution in [0, 0.1) is 0 Å². The van der Waals surface area contributed by atoms with Gasteiger partial charge in [0.15, 0.2) is 6.10 Å². The second-order valence-electron chi connectivity index (χ2n) is 4.90.